The van der Waals surface area contributed by atoms with Crippen molar-refractivity contribution >= 4 is 45.2 Å². The Hall–Kier alpha value is -1.30. The predicted molar refractivity (Wildman–Crippen MR) is 112 cm³/mol. The average molecular weight is 391 g/mol. The molecule has 0 heterocycles. The van der Waals surface area contributed by atoms with E-state index < -0.39 is 5.41 Å². The monoisotopic (exact) mass is 390 g/mol. The van der Waals surface area contributed by atoms with E-state index >= 15 is 0 Å². The van der Waals surface area contributed by atoms with Gasteiger partial charge in [-0.25, -0.2) is 0 Å². The molecule has 2 aromatic carbocycles. The Morgan fingerprint density at radius 1 is 1.04 bits per heavy atom. The van der Waals surface area contributed by atoms with Crippen LogP contribution in [0.15, 0.2) is 53.4 Å². The summed E-state index contributed by atoms with van der Waals surface area (Å²) in [7, 11) is 0. The molecular weight excluding hydrogens is 368 g/mol. The van der Waals surface area contributed by atoms with E-state index in [0.717, 1.165) is 19.7 Å². The summed E-state index contributed by atoms with van der Waals surface area (Å²) < 4.78 is 6.27. The molecule has 0 saturated heterocycles. The minimum Gasteiger partial charge on any atom is -0.426 e. The Morgan fingerprint density at radius 2 is 1.64 bits per heavy atom. The van der Waals surface area contributed by atoms with Crippen LogP contribution in [0.3, 0.4) is 0 Å². The maximum atomic E-state index is 11.9. The molecule has 0 fully saturated rings. The van der Waals surface area contributed by atoms with E-state index in [1.165, 1.54) is 5.56 Å². The molecule has 0 atom stereocenters. The van der Waals surface area contributed by atoms with E-state index in [1.54, 1.807) is 23.5 Å². The van der Waals surface area contributed by atoms with Crippen LogP contribution in [0, 0.1) is 12.3 Å². The molecule has 0 radical (unpaired) electrons. The van der Waals surface area contributed by atoms with Crippen molar-refractivity contribution in [3.63, 3.8) is 0 Å². The molecule has 2 aromatic rings. The average Bonchev–Trinajstić information content (AvgIpc) is 2.55. The molecule has 0 aliphatic heterocycles. The van der Waals surface area contributed by atoms with E-state index in [4.69, 9.17) is 17.0 Å². The van der Waals surface area contributed by atoms with Crippen LogP contribution in [0.4, 0.5) is 0 Å². The molecule has 5 heteroatoms. The first-order valence-electron chi connectivity index (χ1n) is 7.96. The summed E-state index contributed by atoms with van der Waals surface area (Å²) in [6.45, 7) is 7.59. The molecular formula is C20H22O2S3. The smallest absolute Gasteiger partial charge is 0.316 e. The lowest BCUT2D eigenvalue weighted by molar-refractivity contribution is -0.142. The fourth-order valence-electron chi connectivity index (χ4n) is 1.79. The van der Waals surface area contributed by atoms with Crippen molar-refractivity contribution in [2.75, 3.05) is 0 Å². The highest BCUT2D eigenvalue weighted by Crippen LogP contribution is 2.29. The van der Waals surface area contributed by atoms with Crippen molar-refractivity contribution in [3.05, 3.63) is 59.7 Å². The summed E-state index contributed by atoms with van der Waals surface area (Å²) in [5, 5.41) is 0. The molecule has 0 amide bonds. The topological polar surface area (TPSA) is 26.3 Å². The minimum absolute atomic E-state index is 0.231. The number of aryl methyl sites for hydroxylation is 1. The highest BCUT2D eigenvalue weighted by Gasteiger charge is 2.23. The molecule has 0 unspecified atom stereocenters. The maximum absolute atomic E-state index is 11.9. The van der Waals surface area contributed by atoms with Crippen LogP contribution < -0.4 is 4.74 Å². The number of carbonyl (C=O) groups excluding carboxylic acids is 1. The first-order chi connectivity index (χ1) is 11.7. The number of thioether (sulfide) groups is 2. The van der Waals surface area contributed by atoms with Gasteiger partial charge in [0.15, 0.2) is 0 Å². The Kier molecular flexibility index (Phi) is 7.11. The number of rotatable bonds is 4. The van der Waals surface area contributed by atoms with Gasteiger partial charge in [0.2, 0.25) is 0 Å². The molecule has 2 nitrogen and oxygen atoms in total. The second-order valence-electron chi connectivity index (χ2n) is 6.74. The van der Waals surface area contributed by atoms with Gasteiger partial charge in [-0.3, -0.25) is 4.79 Å². The van der Waals surface area contributed by atoms with Crippen molar-refractivity contribution in [2.24, 2.45) is 5.41 Å². The van der Waals surface area contributed by atoms with Gasteiger partial charge in [-0.1, -0.05) is 53.8 Å². The molecule has 132 valence electrons. The zero-order valence-corrected chi connectivity index (χ0v) is 17.3. The van der Waals surface area contributed by atoms with E-state index in [9.17, 15) is 4.79 Å². The first-order valence-corrected chi connectivity index (χ1v) is 10.2. The van der Waals surface area contributed by atoms with Gasteiger partial charge in [0.25, 0.3) is 0 Å². The maximum Gasteiger partial charge on any atom is 0.316 e. The predicted octanol–water partition coefficient (Wildman–Crippen LogP) is 6.26. The van der Waals surface area contributed by atoms with E-state index in [1.807, 2.05) is 45.0 Å². The second-order valence-corrected chi connectivity index (χ2v) is 9.99. The molecule has 25 heavy (non-hydrogen) atoms. The third kappa shape index (κ3) is 6.84. The van der Waals surface area contributed by atoms with E-state index in [0.29, 0.717) is 5.75 Å². The normalized spacial score (nSPS) is 11.2. The fourth-order valence-corrected chi connectivity index (χ4v) is 3.90. The quantitative estimate of drug-likeness (QED) is 0.266. The van der Waals surface area contributed by atoms with Gasteiger partial charge in [0.1, 0.15) is 9.28 Å². The lowest BCUT2D eigenvalue weighted by Crippen LogP contribution is -2.25. The van der Waals surface area contributed by atoms with Crippen molar-refractivity contribution in [1.82, 2.24) is 0 Å². The fraction of sp³-hybridized carbons (Fsp3) is 0.300. The number of esters is 1. The number of carbonyl (C=O) groups is 1. The number of thiocarbonyl (C=S) groups is 1. The van der Waals surface area contributed by atoms with Gasteiger partial charge in [-0.2, -0.15) is 0 Å². The number of ether oxygens (including phenoxy) is 1. The van der Waals surface area contributed by atoms with Gasteiger partial charge >= 0.3 is 5.97 Å². The van der Waals surface area contributed by atoms with Crippen molar-refractivity contribution in [3.8, 4) is 5.75 Å². The largest absolute Gasteiger partial charge is 0.426 e. The number of hydrogen-bond donors (Lipinski definition) is 0. The Morgan fingerprint density at radius 3 is 2.20 bits per heavy atom. The van der Waals surface area contributed by atoms with Crippen LogP contribution in [-0.4, -0.2) is 9.50 Å². The lowest BCUT2D eigenvalue weighted by atomic mass is 9.97. The number of hydrogen-bond acceptors (Lipinski definition) is 5. The summed E-state index contributed by atoms with van der Waals surface area (Å²) in [6.07, 6.45) is 0. The summed E-state index contributed by atoms with van der Waals surface area (Å²) >= 11 is 8.70. The molecule has 0 aromatic heterocycles. The standard InChI is InChI=1S/C20H22O2S3/c1-14-5-11-17(12-6-14)25-19(23)24-13-15-7-9-16(10-8-15)22-18(21)20(2,3)4/h5-12H,13H2,1-4H3. The second kappa shape index (κ2) is 8.88. The molecule has 0 aliphatic rings. The minimum atomic E-state index is -0.506. The highest BCUT2D eigenvalue weighted by molar-refractivity contribution is 8.46. The van der Waals surface area contributed by atoms with Gasteiger partial charge in [-0.05, 0) is 57.5 Å². The van der Waals surface area contributed by atoms with E-state index in [-0.39, 0.29) is 5.97 Å². The van der Waals surface area contributed by atoms with Crippen molar-refractivity contribution < 1.29 is 9.53 Å². The van der Waals surface area contributed by atoms with Crippen LogP contribution in [0.25, 0.3) is 0 Å². The third-order valence-corrected chi connectivity index (χ3v) is 5.92. The molecule has 2 rings (SSSR count). The lowest BCUT2D eigenvalue weighted by Gasteiger charge is -2.16. The van der Waals surface area contributed by atoms with Crippen LogP contribution >= 0.6 is 35.7 Å². The van der Waals surface area contributed by atoms with Crippen molar-refractivity contribution in [2.45, 2.75) is 38.3 Å². The Bertz CT molecular complexity index is 729. The SMILES string of the molecule is Cc1ccc(SC(=S)SCc2ccc(OC(=O)C(C)(C)C)cc2)cc1. The third-order valence-electron chi connectivity index (χ3n) is 3.33. The molecule has 0 N–H and O–H groups in total. The molecule has 0 bridgehead atoms. The summed E-state index contributed by atoms with van der Waals surface area (Å²) in [5.74, 6) is 1.14. The van der Waals surface area contributed by atoms with Crippen LogP contribution in [0.1, 0.15) is 31.9 Å². The van der Waals surface area contributed by atoms with Gasteiger partial charge < -0.3 is 4.74 Å². The Labute approximate surface area is 163 Å². The van der Waals surface area contributed by atoms with Gasteiger partial charge in [-0.15, -0.1) is 11.8 Å². The van der Waals surface area contributed by atoms with Crippen molar-refractivity contribution in [1.29, 1.82) is 0 Å². The van der Waals surface area contributed by atoms with E-state index in [2.05, 4.69) is 31.2 Å². The summed E-state index contributed by atoms with van der Waals surface area (Å²) in [6, 6.07) is 16.0. The van der Waals surface area contributed by atoms with Gasteiger partial charge in [0.05, 0.1) is 5.41 Å². The van der Waals surface area contributed by atoms with Crippen LogP contribution in [0.5, 0.6) is 5.75 Å². The zero-order chi connectivity index (χ0) is 18.4. The van der Waals surface area contributed by atoms with Crippen LogP contribution in [0.2, 0.25) is 0 Å². The molecule has 0 spiro atoms. The molecule has 0 aliphatic carbocycles. The number of benzene rings is 2. The summed E-state index contributed by atoms with van der Waals surface area (Å²) in [4.78, 5) is 13.0. The summed E-state index contributed by atoms with van der Waals surface area (Å²) in [5.41, 5.74) is 1.89. The zero-order valence-electron chi connectivity index (χ0n) is 14.9. The van der Waals surface area contributed by atoms with Crippen LogP contribution in [-0.2, 0) is 10.5 Å². The highest BCUT2D eigenvalue weighted by atomic mass is 32.2. The van der Waals surface area contributed by atoms with Gasteiger partial charge in [0, 0.05) is 10.6 Å². The molecule has 0 saturated carbocycles. The Balaban J connectivity index is 1.83. The first kappa shape index (κ1) is 20.0.